The van der Waals surface area contributed by atoms with Gasteiger partial charge in [-0.2, -0.15) is 0 Å². The molecule has 1 aliphatic carbocycles. The molecule has 1 aromatic rings. The van der Waals surface area contributed by atoms with Crippen LogP contribution in [-0.2, 0) is 0 Å². The maximum Gasteiger partial charge on any atom is 0.319 e. The van der Waals surface area contributed by atoms with Crippen LogP contribution in [-0.4, -0.2) is 30.2 Å². The normalized spacial score (nSPS) is 14.9. The Balaban J connectivity index is 2.13. The molecule has 0 saturated heterocycles. The Morgan fingerprint density at radius 2 is 2.26 bits per heavy atom. The Bertz CT molecular complexity index is 512. The number of nitrogens with two attached hydrogens (primary N) is 1. The number of carbonyl (C=O) groups excluding carboxylic acids is 1. The van der Waals surface area contributed by atoms with E-state index in [-0.39, 0.29) is 17.9 Å². The molecule has 102 valence electrons. The summed E-state index contributed by atoms with van der Waals surface area (Å²) in [5.41, 5.74) is 6.52. The summed E-state index contributed by atoms with van der Waals surface area (Å²) in [6.45, 7) is 0. The van der Waals surface area contributed by atoms with Gasteiger partial charge in [-0.15, -0.1) is 0 Å². The number of amides is 2. The molecule has 0 heterocycles. The summed E-state index contributed by atoms with van der Waals surface area (Å²) < 4.78 is 5.17. The van der Waals surface area contributed by atoms with Crippen molar-refractivity contribution in [1.82, 2.24) is 5.32 Å². The number of urea groups is 1. The Hall–Kier alpha value is -2.44. The molecule has 0 bridgehead atoms. The van der Waals surface area contributed by atoms with Crippen molar-refractivity contribution in [3.8, 4) is 5.75 Å². The second kappa shape index (κ2) is 5.47. The van der Waals surface area contributed by atoms with E-state index in [1.165, 1.54) is 7.11 Å². The fourth-order valence-corrected chi connectivity index (χ4v) is 1.58. The third-order valence-corrected chi connectivity index (χ3v) is 2.77. The van der Waals surface area contributed by atoms with Gasteiger partial charge in [-0.05, 0) is 31.0 Å². The van der Waals surface area contributed by atoms with Crippen molar-refractivity contribution in [2.24, 2.45) is 10.9 Å². The number of oxime groups is 1. The number of ether oxygens (including phenoxy) is 1. The Morgan fingerprint density at radius 3 is 2.84 bits per heavy atom. The number of benzene rings is 1. The first-order valence-electron chi connectivity index (χ1n) is 5.87. The second-order valence-corrected chi connectivity index (χ2v) is 4.27. The molecule has 0 spiro atoms. The molecule has 0 radical (unpaired) electrons. The Labute approximate surface area is 110 Å². The number of amidine groups is 1. The zero-order chi connectivity index (χ0) is 13.8. The van der Waals surface area contributed by atoms with Crippen LogP contribution in [0.5, 0.6) is 5.75 Å². The second-order valence-electron chi connectivity index (χ2n) is 4.27. The van der Waals surface area contributed by atoms with Crippen molar-refractivity contribution in [3.05, 3.63) is 23.8 Å². The van der Waals surface area contributed by atoms with Gasteiger partial charge in [0.1, 0.15) is 5.75 Å². The van der Waals surface area contributed by atoms with E-state index in [4.69, 9.17) is 15.7 Å². The summed E-state index contributed by atoms with van der Waals surface area (Å²) in [5, 5.41) is 17.0. The first-order chi connectivity index (χ1) is 9.13. The third-order valence-electron chi connectivity index (χ3n) is 2.77. The minimum absolute atomic E-state index is 0.0210. The third kappa shape index (κ3) is 3.27. The van der Waals surface area contributed by atoms with Crippen molar-refractivity contribution in [2.45, 2.75) is 18.9 Å². The average Bonchev–Trinajstić information content (AvgIpc) is 3.22. The lowest BCUT2D eigenvalue weighted by Gasteiger charge is -2.12. The largest absolute Gasteiger partial charge is 0.495 e. The van der Waals surface area contributed by atoms with Gasteiger partial charge in [-0.25, -0.2) is 4.79 Å². The van der Waals surface area contributed by atoms with Gasteiger partial charge in [0.2, 0.25) is 0 Å². The van der Waals surface area contributed by atoms with Gasteiger partial charge in [0.05, 0.1) is 12.8 Å². The number of nitrogens with zero attached hydrogens (tertiary/aromatic N) is 1. The van der Waals surface area contributed by atoms with Crippen LogP contribution in [0.25, 0.3) is 0 Å². The Kier molecular flexibility index (Phi) is 3.74. The van der Waals surface area contributed by atoms with Crippen LogP contribution in [0, 0.1) is 0 Å². The highest BCUT2D eigenvalue weighted by molar-refractivity contribution is 5.99. The van der Waals surface area contributed by atoms with Crippen molar-refractivity contribution in [1.29, 1.82) is 0 Å². The number of methoxy groups -OCH3 is 1. The molecule has 19 heavy (non-hydrogen) atoms. The highest BCUT2D eigenvalue weighted by Crippen LogP contribution is 2.26. The molecular weight excluding hydrogens is 248 g/mol. The molecule has 7 nitrogen and oxygen atoms in total. The van der Waals surface area contributed by atoms with E-state index in [2.05, 4.69) is 15.8 Å². The summed E-state index contributed by atoms with van der Waals surface area (Å²) in [7, 11) is 1.48. The van der Waals surface area contributed by atoms with E-state index >= 15 is 0 Å². The Morgan fingerprint density at radius 1 is 1.53 bits per heavy atom. The minimum atomic E-state index is -0.266. The molecule has 0 atom stereocenters. The van der Waals surface area contributed by atoms with E-state index in [0.29, 0.717) is 17.0 Å². The fourth-order valence-electron chi connectivity index (χ4n) is 1.58. The van der Waals surface area contributed by atoms with Gasteiger partial charge in [0, 0.05) is 11.6 Å². The summed E-state index contributed by atoms with van der Waals surface area (Å²) in [4.78, 5) is 11.6. The van der Waals surface area contributed by atoms with Crippen molar-refractivity contribution >= 4 is 17.6 Å². The van der Waals surface area contributed by atoms with E-state index in [1.54, 1.807) is 18.2 Å². The molecule has 2 rings (SSSR count). The van der Waals surface area contributed by atoms with Gasteiger partial charge in [0.25, 0.3) is 0 Å². The molecule has 1 fully saturated rings. The molecule has 1 aliphatic rings. The van der Waals surface area contributed by atoms with Crippen LogP contribution >= 0.6 is 0 Å². The summed E-state index contributed by atoms with van der Waals surface area (Å²) in [6.07, 6.45) is 2.04. The number of hydrogen-bond acceptors (Lipinski definition) is 4. The molecular formula is C12H16N4O3. The molecule has 1 aromatic carbocycles. The predicted molar refractivity (Wildman–Crippen MR) is 70.7 cm³/mol. The van der Waals surface area contributed by atoms with Crippen molar-refractivity contribution < 1.29 is 14.7 Å². The lowest BCUT2D eigenvalue weighted by molar-refractivity contribution is 0.251. The summed E-state index contributed by atoms with van der Waals surface area (Å²) >= 11 is 0. The van der Waals surface area contributed by atoms with E-state index in [0.717, 1.165) is 12.8 Å². The lowest BCUT2D eigenvalue weighted by Crippen LogP contribution is -2.30. The molecule has 0 aliphatic heterocycles. The predicted octanol–water partition coefficient (Wildman–Crippen LogP) is 1.07. The van der Waals surface area contributed by atoms with E-state index in [9.17, 15) is 4.79 Å². The fraction of sp³-hybridized carbons (Fsp3) is 0.333. The topological polar surface area (TPSA) is 109 Å². The van der Waals surface area contributed by atoms with Gasteiger partial charge in [-0.1, -0.05) is 5.16 Å². The SMILES string of the molecule is COc1cc(/C(N)=N/O)ccc1NC(=O)NC1CC1. The van der Waals surface area contributed by atoms with Crippen LogP contribution in [0.4, 0.5) is 10.5 Å². The smallest absolute Gasteiger partial charge is 0.319 e. The van der Waals surface area contributed by atoms with Crippen LogP contribution in [0.2, 0.25) is 0 Å². The molecule has 7 heteroatoms. The maximum absolute atomic E-state index is 11.6. The van der Waals surface area contributed by atoms with E-state index < -0.39 is 0 Å². The quantitative estimate of drug-likeness (QED) is 0.282. The first-order valence-corrected chi connectivity index (χ1v) is 5.87. The molecule has 0 unspecified atom stereocenters. The van der Waals surface area contributed by atoms with Crippen LogP contribution < -0.4 is 21.1 Å². The monoisotopic (exact) mass is 264 g/mol. The number of hydrogen-bond donors (Lipinski definition) is 4. The minimum Gasteiger partial charge on any atom is -0.495 e. The van der Waals surface area contributed by atoms with Gasteiger partial charge in [0.15, 0.2) is 5.84 Å². The van der Waals surface area contributed by atoms with Crippen molar-refractivity contribution in [3.63, 3.8) is 0 Å². The molecule has 5 N–H and O–H groups in total. The molecule has 2 amide bonds. The summed E-state index contributed by atoms with van der Waals surface area (Å²) in [6, 6.07) is 4.87. The van der Waals surface area contributed by atoms with Crippen LogP contribution in [0.15, 0.2) is 23.4 Å². The number of anilines is 1. The highest BCUT2D eigenvalue weighted by atomic mass is 16.5. The van der Waals surface area contributed by atoms with Gasteiger partial charge in [-0.3, -0.25) is 0 Å². The lowest BCUT2D eigenvalue weighted by atomic mass is 10.1. The van der Waals surface area contributed by atoms with Crippen LogP contribution in [0.1, 0.15) is 18.4 Å². The molecule has 0 aromatic heterocycles. The number of nitrogens with one attached hydrogen (secondary N) is 2. The average molecular weight is 264 g/mol. The summed E-state index contributed by atoms with van der Waals surface area (Å²) in [5.74, 6) is 0.419. The van der Waals surface area contributed by atoms with Gasteiger partial charge >= 0.3 is 6.03 Å². The van der Waals surface area contributed by atoms with E-state index in [1.807, 2.05) is 0 Å². The van der Waals surface area contributed by atoms with Crippen molar-refractivity contribution in [2.75, 3.05) is 12.4 Å². The molecule has 1 saturated carbocycles. The first kappa shape index (κ1) is 13.0. The van der Waals surface area contributed by atoms with Crippen LogP contribution in [0.3, 0.4) is 0 Å². The van der Waals surface area contributed by atoms with Gasteiger partial charge < -0.3 is 26.3 Å². The zero-order valence-corrected chi connectivity index (χ0v) is 10.5. The standard InChI is InChI=1S/C12H16N4O3/c1-19-10-6-7(11(13)16-18)2-5-9(10)15-12(17)14-8-3-4-8/h2,5-6,8,18H,3-4H2,1H3,(H2,13,16)(H2,14,15,17). The number of rotatable bonds is 4. The maximum atomic E-state index is 11.6. The zero-order valence-electron chi connectivity index (χ0n) is 10.5. The highest BCUT2D eigenvalue weighted by Gasteiger charge is 2.23. The number of carbonyl (C=O) groups is 1.